The predicted octanol–water partition coefficient (Wildman–Crippen LogP) is 2.41. The van der Waals surface area contributed by atoms with Gasteiger partial charge in [-0.1, -0.05) is 0 Å². The van der Waals surface area contributed by atoms with Crippen molar-refractivity contribution in [1.29, 1.82) is 0 Å². The van der Waals surface area contributed by atoms with Crippen molar-refractivity contribution in [3.63, 3.8) is 0 Å². The van der Waals surface area contributed by atoms with E-state index in [1.807, 2.05) is 0 Å². The minimum absolute atomic E-state index is 0.0167. The normalized spacial score (nSPS) is 10.4. The Bertz CT molecular complexity index is 578. The Morgan fingerprint density at radius 1 is 1.00 bits per heavy atom. The number of halogens is 3. The van der Waals surface area contributed by atoms with E-state index in [-0.39, 0.29) is 23.0 Å². The molecule has 0 saturated carbocycles. The van der Waals surface area contributed by atoms with Gasteiger partial charge in [-0.25, -0.2) is 18.2 Å². The zero-order chi connectivity index (χ0) is 13.3. The summed E-state index contributed by atoms with van der Waals surface area (Å²) in [6.45, 7) is 0. The smallest absolute Gasteiger partial charge is 0.194 e. The number of anilines is 4. The van der Waals surface area contributed by atoms with Crippen LogP contribution < -0.4 is 16.8 Å². The Kier molecular flexibility index (Phi) is 2.97. The number of nitrogens with two attached hydrogens (primary N) is 2. The first kappa shape index (κ1) is 12.0. The summed E-state index contributed by atoms with van der Waals surface area (Å²) in [4.78, 5) is 3.85. The molecular weight excluding hydrogens is 245 g/mol. The van der Waals surface area contributed by atoms with E-state index in [0.717, 1.165) is 12.1 Å². The highest BCUT2D eigenvalue weighted by Crippen LogP contribution is 2.22. The van der Waals surface area contributed by atoms with Gasteiger partial charge in [0, 0.05) is 17.8 Å². The number of nitrogen functional groups attached to an aromatic ring is 2. The fourth-order valence-corrected chi connectivity index (χ4v) is 1.33. The molecule has 1 aromatic carbocycles. The second kappa shape index (κ2) is 4.44. The lowest BCUT2D eigenvalue weighted by Crippen LogP contribution is -2.02. The van der Waals surface area contributed by atoms with Gasteiger partial charge in [0.2, 0.25) is 0 Å². The topological polar surface area (TPSA) is 77.0 Å². The Morgan fingerprint density at radius 2 is 1.61 bits per heavy atom. The first-order chi connectivity index (χ1) is 8.47. The van der Waals surface area contributed by atoms with Crippen molar-refractivity contribution >= 4 is 23.0 Å². The van der Waals surface area contributed by atoms with Crippen molar-refractivity contribution in [3.05, 3.63) is 41.7 Å². The molecule has 2 rings (SSSR count). The number of benzene rings is 1. The molecule has 0 spiro atoms. The number of nitrogens with zero attached hydrogens (tertiary/aromatic N) is 1. The predicted molar refractivity (Wildman–Crippen MR) is 62.7 cm³/mol. The van der Waals surface area contributed by atoms with Gasteiger partial charge in [0.15, 0.2) is 17.5 Å². The summed E-state index contributed by atoms with van der Waals surface area (Å²) in [5, 5.41) is 2.59. The van der Waals surface area contributed by atoms with Gasteiger partial charge in [-0.3, -0.25) is 0 Å². The minimum Gasteiger partial charge on any atom is -0.396 e. The standard InChI is InChI=1S/C11H9F3N4/c12-6-3-5(4-7(13)10(6)14)17-9-2-1-8(15)11(16)18-9/h1-4H,15H2,(H3,16,17,18). The van der Waals surface area contributed by atoms with Crippen LogP contribution in [0.1, 0.15) is 0 Å². The molecule has 0 aliphatic rings. The van der Waals surface area contributed by atoms with Gasteiger partial charge >= 0.3 is 0 Å². The molecule has 0 aliphatic carbocycles. The molecule has 2 aromatic rings. The van der Waals surface area contributed by atoms with E-state index in [9.17, 15) is 13.2 Å². The van der Waals surface area contributed by atoms with Gasteiger partial charge in [0.1, 0.15) is 11.6 Å². The fourth-order valence-electron chi connectivity index (χ4n) is 1.33. The highest BCUT2D eigenvalue weighted by molar-refractivity contribution is 5.65. The van der Waals surface area contributed by atoms with Crippen molar-refractivity contribution in [2.24, 2.45) is 0 Å². The maximum atomic E-state index is 13.0. The van der Waals surface area contributed by atoms with Gasteiger partial charge in [-0.2, -0.15) is 0 Å². The summed E-state index contributed by atoms with van der Waals surface area (Å²) < 4.78 is 38.7. The van der Waals surface area contributed by atoms with E-state index in [1.165, 1.54) is 12.1 Å². The highest BCUT2D eigenvalue weighted by Gasteiger charge is 2.11. The zero-order valence-corrected chi connectivity index (χ0v) is 9.05. The number of nitrogens with one attached hydrogen (secondary N) is 1. The Balaban J connectivity index is 2.31. The molecule has 0 atom stereocenters. The van der Waals surface area contributed by atoms with Crippen LogP contribution >= 0.6 is 0 Å². The molecular formula is C11H9F3N4. The van der Waals surface area contributed by atoms with E-state index in [0.29, 0.717) is 0 Å². The van der Waals surface area contributed by atoms with Gasteiger partial charge in [-0.05, 0) is 12.1 Å². The lowest BCUT2D eigenvalue weighted by Gasteiger charge is -2.08. The number of aromatic nitrogens is 1. The van der Waals surface area contributed by atoms with E-state index in [2.05, 4.69) is 10.3 Å². The maximum Gasteiger partial charge on any atom is 0.194 e. The Morgan fingerprint density at radius 3 is 2.17 bits per heavy atom. The van der Waals surface area contributed by atoms with Crippen LogP contribution in [0.4, 0.5) is 36.2 Å². The molecule has 1 aromatic heterocycles. The molecule has 0 amide bonds. The number of hydrogen-bond acceptors (Lipinski definition) is 4. The van der Waals surface area contributed by atoms with Crippen LogP contribution in [0.2, 0.25) is 0 Å². The molecule has 1 heterocycles. The molecule has 0 saturated heterocycles. The minimum atomic E-state index is -1.52. The summed E-state index contributed by atoms with van der Waals surface area (Å²) in [6, 6.07) is 4.59. The SMILES string of the molecule is Nc1ccc(Nc2cc(F)c(F)c(F)c2)nc1N. The zero-order valence-electron chi connectivity index (χ0n) is 9.05. The summed E-state index contributed by atoms with van der Waals surface area (Å²) in [6.07, 6.45) is 0. The lowest BCUT2D eigenvalue weighted by molar-refractivity contribution is 0.448. The quantitative estimate of drug-likeness (QED) is 0.719. The summed E-state index contributed by atoms with van der Waals surface area (Å²) in [5.41, 5.74) is 11.2. The van der Waals surface area contributed by atoms with Gasteiger partial charge in [-0.15, -0.1) is 0 Å². The van der Waals surface area contributed by atoms with Crippen LogP contribution in [0.5, 0.6) is 0 Å². The van der Waals surface area contributed by atoms with Crippen LogP contribution in [-0.2, 0) is 0 Å². The summed E-state index contributed by atoms with van der Waals surface area (Å²) in [5.74, 6) is -3.78. The van der Waals surface area contributed by atoms with Crippen LogP contribution in [0, 0.1) is 17.5 Å². The van der Waals surface area contributed by atoms with E-state index >= 15 is 0 Å². The number of hydrogen-bond donors (Lipinski definition) is 3. The second-order valence-corrected chi connectivity index (χ2v) is 3.55. The molecule has 0 radical (unpaired) electrons. The van der Waals surface area contributed by atoms with Crippen LogP contribution in [0.25, 0.3) is 0 Å². The molecule has 0 bridgehead atoms. The van der Waals surface area contributed by atoms with Crippen molar-refractivity contribution in [2.45, 2.75) is 0 Å². The third-order valence-corrected chi connectivity index (χ3v) is 2.21. The van der Waals surface area contributed by atoms with Crippen molar-refractivity contribution in [3.8, 4) is 0 Å². The van der Waals surface area contributed by atoms with Gasteiger partial charge in [0.25, 0.3) is 0 Å². The van der Waals surface area contributed by atoms with Crippen molar-refractivity contribution in [2.75, 3.05) is 16.8 Å². The van der Waals surface area contributed by atoms with Crippen molar-refractivity contribution < 1.29 is 13.2 Å². The van der Waals surface area contributed by atoms with E-state index < -0.39 is 17.5 Å². The summed E-state index contributed by atoms with van der Waals surface area (Å²) >= 11 is 0. The molecule has 5 N–H and O–H groups in total. The van der Waals surface area contributed by atoms with Crippen molar-refractivity contribution in [1.82, 2.24) is 4.98 Å². The van der Waals surface area contributed by atoms with Crippen LogP contribution in [0.15, 0.2) is 24.3 Å². The lowest BCUT2D eigenvalue weighted by atomic mass is 10.2. The van der Waals surface area contributed by atoms with Crippen LogP contribution in [-0.4, -0.2) is 4.98 Å². The Labute approximate surface area is 100 Å². The van der Waals surface area contributed by atoms with Crippen LogP contribution in [0.3, 0.4) is 0 Å². The van der Waals surface area contributed by atoms with E-state index in [4.69, 9.17) is 11.5 Å². The molecule has 18 heavy (non-hydrogen) atoms. The molecule has 7 heteroatoms. The van der Waals surface area contributed by atoms with Gasteiger partial charge in [0.05, 0.1) is 5.69 Å². The summed E-state index contributed by atoms with van der Waals surface area (Å²) in [7, 11) is 0. The monoisotopic (exact) mass is 254 g/mol. The number of pyridine rings is 1. The molecule has 0 aliphatic heterocycles. The molecule has 0 fully saturated rings. The Hall–Kier alpha value is -2.44. The maximum absolute atomic E-state index is 13.0. The third-order valence-electron chi connectivity index (χ3n) is 2.21. The number of rotatable bonds is 2. The molecule has 0 unspecified atom stereocenters. The largest absolute Gasteiger partial charge is 0.396 e. The first-order valence-corrected chi connectivity index (χ1v) is 4.91. The molecule has 94 valence electrons. The van der Waals surface area contributed by atoms with Gasteiger partial charge < -0.3 is 16.8 Å². The third kappa shape index (κ3) is 2.29. The average Bonchev–Trinajstić information content (AvgIpc) is 2.31. The van der Waals surface area contributed by atoms with E-state index in [1.54, 1.807) is 0 Å². The second-order valence-electron chi connectivity index (χ2n) is 3.55. The first-order valence-electron chi connectivity index (χ1n) is 4.91. The highest BCUT2D eigenvalue weighted by atomic mass is 19.2. The molecule has 4 nitrogen and oxygen atoms in total. The fraction of sp³-hybridized carbons (Fsp3) is 0. The average molecular weight is 254 g/mol.